The number of aromatic nitrogens is 2. The minimum atomic E-state index is -0.670. The first kappa shape index (κ1) is 20.6. The quantitative estimate of drug-likeness (QED) is 0.530. The Kier molecular flexibility index (Phi) is 5.91. The maximum Gasteiger partial charge on any atom is 0.238 e. The van der Waals surface area contributed by atoms with Crippen LogP contribution in [0.15, 0.2) is 60.9 Å². The van der Waals surface area contributed by atoms with Crippen LogP contribution in [0.2, 0.25) is 5.02 Å². The van der Waals surface area contributed by atoms with Gasteiger partial charge in [-0.3, -0.25) is 4.79 Å². The fourth-order valence-corrected chi connectivity index (χ4v) is 4.53. The number of hydrogen-bond donors (Lipinski definition) is 0. The first-order valence-electron chi connectivity index (χ1n) is 10.3. The van der Waals surface area contributed by atoms with Gasteiger partial charge in [-0.2, -0.15) is 0 Å². The van der Waals surface area contributed by atoms with Gasteiger partial charge in [0, 0.05) is 30.2 Å². The van der Waals surface area contributed by atoms with Gasteiger partial charge in [0.1, 0.15) is 11.6 Å². The van der Waals surface area contributed by atoms with Crippen LogP contribution in [0.4, 0.5) is 10.1 Å². The van der Waals surface area contributed by atoms with Crippen molar-refractivity contribution < 1.29 is 9.18 Å². The lowest BCUT2D eigenvalue weighted by Crippen LogP contribution is -2.48. The maximum absolute atomic E-state index is 14.2. The molecule has 1 saturated carbocycles. The molecule has 1 aliphatic rings. The van der Waals surface area contributed by atoms with E-state index in [2.05, 4.69) is 4.98 Å². The fraction of sp³-hybridized carbons (Fsp3) is 0.333. The summed E-state index contributed by atoms with van der Waals surface area (Å²) in [5, 5.41) is 0.619. The molecule has 0 atom stereocenters. The van der Waals surface area contributed by atoms with Gasteiger partial charge in [-0.1, -0.05) is 43.0 Å². The largest absolute Gasteiger partial charge is 0.337 e. The van der Waals surface area contributed by atoms with Crippen molar-refractivity contribution in [3.8, 4) is 0 Å². The lowest BCUT2D eigenvalue weighted by atomic mass is 9.68. The summed E-state index contributed by atoms with van der Waals surface area (Å²) in [6.45, 7) is 0.354. The number of anilines is 1. The molecule has 0 saturated heterocycles. The first-order valence-corrected chi connectivity index (χ1v) is 10.7. The highest BCUT2D eigenvalue weighted by molar-refractivity contribution is 6.30. The number of amides is 1. The zero-order valence-electron chi connectivity index (χ0n) is 17.0. The van der Waals surface area contributed by atoms with Crippen molar-refractivity contribution in [1.82, 2.24) is 9.55 Å². The zero-order valence-corrected chi connectivity index (χ0v) is 17.8. The van der Waals surface area contributed by atoms with Gasteiger partial charge in [0.2, 0.25) is 5.91 Å². The molecule has 0 spiro atoms. The Bertz CT molecular complexity index is 1010. The Morgan fingerprint density at radius 1 is 1.10 bits per heavy atom. The molecule has 4 nitrogen and oxygen atoms in total. The van der Waals surface area contributed by atoms with Crippen LogP contribution in [-0.4, -0.2) is 15.5 Å². The van der Waals surface area contributed by atoms with Crippen molar-refractivity contribution in [3.05, 3.63) is 83.2 Å². The molecule has 156 valence electrons. The first-order chi connectivity index (χ1) is 14.5. The van der Waals surface area contributed by atoms with E-state index in [1.54, 1.807) is 35.4 Å². The van der Waals surface area contributed by atoms with Crippen LogP contribution in [0.3, 0.4) is 0 Å². The average molecular weight is 426 g/mol. The Morgan fingerprint density at radius 3 is 2.37 bits per heavy atom. The van der Waals surface area contributed by atoms with Crippen molar-refractivity contribution in [2.45, 2.75) is 44.1 Å². The minimum Gasteiger partial charge on any atom is -0.337 e. The molecule has 1 aromatic heterocycles. The number of carbonyl (C=O) groups excluding carboxylic acids is 1. The molecule has 0 radical (unpaired) electrons. The van der Waals surface area contributed by atoms with E-state index in [-0.39, 0.29) is 11.7 Å². The number of benzene rings is 2. The fourth-order valence-electron chi connectivity index (χ4n) is 4.40. The Hall–Kier alpha value is -2.66. The summed E-state index contributed by atoms with van der Waals surface area (Å²) in [7, 11) is 1.92. The molecule has 2 aromatic carbocycles. The second-order valence-electron chi connectivity index (χ2n) is 7.97. The Labute approximate surface area is 181 Å². The van der Waals surface area contributed by atoms with Crippen LogP contribution in [0.25, 0.3) is 0 Å². The van der Waals surface area contributed by atoms with Crippen LogP contribution < -0.4 is 4.90 Å². The van der Waals surface area contributed by atoms with Crippen molar-refractivity contribution in [1.29, 1.82) is 0 Å². The number of imidazole rings is 1. The van der Waals surface area contributed by atoms with Crippen molar-refractivity contribution in [3.63, 3.8) is 0 Å². The van der Waals surface area contributed by atoms with Gasteiger partial charge >= 0.3 is 0 Å². The van der Waals surface area contributed by atoms with E-state index in [9.17, 15) is 9.18 Å². The number of halogens is 2. The molecular weight excluding hydrogens is 401 g/mol. The van der Waals surface area contributed by atoms with E-state index in [0.717, 1.165) is 49.2 Å². The molecular formula is C24H25ClFN3O. The molecule has 3 aromatic rings. The molecule has 0 N–H and O–H groups in total. The number of rotatable bonds is 5. The van der Waals surface area contributed by atoms with Crippen LogP contribution >= 0.6 is 11.6 Å². The Balaban J connectivity index is 1.78. The molecule has 0 unspecified atom stereocenters. The summed E-state index contributed by atoms with van der Waals surface area (Å²) < 4.78 is 15.5. The third-order valence-electron chi connectivity index (χ3n) is 6.12. The third kappa shape index (κ3) is 3.99. The predicted molar refractivity (Wildman–Crippen MR) is 117 cm³/mol. The molecule has 1 heterocycles. The van der Waals surface area contributed by atoms with Gasteiger partial charge in [-0.25, -0.2) is 9.37 Å². The smallest absolute Gasteiger partial charge is 0.238 e. The molecule has 0 aliphatic heterocycles. The summed E-state index contributed by atoms with van der Waals surface area (Å²) in [4.78, 5) is 20.4. The highest BCUT2D eigenvalue weighted by Gasteiger charge is 2.44. The highest BCUT2D eigenvalue weighted by atomic mass is 35.5. The molecule has 4 rings (SSSR count). The maximum atomic E-state index is 14.2. The van der Waals surface area contributed by atoms with Gasteiger partial charge in [0.25, 0.3) is 0 Å². The second-order valence-corrected chi connectivity index (χ2v) is 8.41. The van der Waals surface area contributed by atoms with Gasteiger partial charge in [0.15, 0.2) is 0 Å². The summed E-state index contributed by atoms with van der Waals surface area (Å²) in [6.07, 6.45) is 8.16. The molecule has 30 heavy (non-hydrogen) atoms. The van der Waals surface area contributed by atoms with Gasteiger partial charge in [-0.05, 0) is 54.8 Å². The molecule has 1 fully saturated rings. The van der Waals surface area contributed by atoms with Gasteiger partial charge in [0.05, 0.1) is 12.0 Å². The van der Waals surface area contributed by atoms with Crippen molar-refractivity contribution in [2.24, 2.45) is 7.05 Å². The zero-order chi connectivity index (χ0) is 21.1. The summed E-state index contributed by atoms with van der Waals surface area (Å²) in [6, 6.07) is 13.7. The average Bonchev–Trinajstić information content (AvgIpc) is 3.17. The van der Waals surface area contributed by atoms with Crippen LogP contribution in [0.5, 0.6) is 0 Å². The molecule has 1 aliphatic carbocycles. The summed E-state index contributed by atoms with van der Waals surface area (Å²) >= 11 is 6.10. The van der Waals surface area contributed by atoms with E-state index in [1.165, 1.54) is 12.1 Å². The standard InChI is InChI=1S/C24H25ClFN3O/c1-28-16-15-27-22(28)17-29(21-11-7-19(25)8-12-21)23(30)24(13-3-2-4-14-24)18-5-9-20(26)10-6-18/h5-12,15-16H,2-4,13-14,17H2,1H3. The summed E-state index contributed by atoms with van der Waals surface area (Å²) in [5.74, 6) is 0.530. The number of nitrogens with zero attached hydrogens (tertiary/aromatic N) is 3. The SMILES string of the molecule is Cn1ccnc1CN(C(=O)C1(c2ccc(F)cc2)CCCCC1)c1ccc(Cl)cc1. The summed E-state index contributed by atoms with van der Waals surface area (Å²) in [5.41, 5.74) is 0.989. The van der Waals surface area contributed by atoms with Crippen LogP contribution in [-0.2, 0) is 23.8 Å². The number of hydrogen-bond acceptors (Lipinski definition) is 2. The Morgan fingerprint density at radius 2 is 1.77 bits per heavy atom. The van der Waals surface area contributed by atoms with Gasteiger partial charge < -0.3 is 9.47 Å². The van der Waals surface area contributed by atoms with Crippen molar-refractivity contribution in [2.75, 3.05) is 4.90 Å². The normalized spacial score (nSPS) is 15.7. The monoisotopic (exact) mass is 425 g/mol. The second kappa shape index (κ2) is 8.60. The van der Waals surface area contributed by atoms with E-state index < -0.39 is 5.41 Å². The van der Waals surface area contributed by atoms with E-state index in [1.807, 2.05) is 29.9 Å². The van der Waals surface area contributed by atoms with E-state index in [0.29, 0.717) is 11.6 Å². The lowest BCUT2D eigenvalue weighted by molar-refractivity contribution is -0.125. The predicted octanol–water partition coefficient (Wildman–Crippen LogP) is 5.65. The van der Waals surface area contributed by atoms with Gasteiger partial charge in [-0.15, -0.1) is 0 Å². The third-order valence-corrected chi connectivity index (χ3v) is 6.37. The molecule has 6 heteroatoms. The topological polar surface area (TPSA) is 38.1 Å². The lowest BCUT2D eigenvalue weighted by Gasteiger charge is -2.40. The molecule has 1 amide bonds. The number of aryl methyl sites for hydroxylation is 1. The van der Waals surface area contributed by atoms with E-state index >= 15 is 0 Å². The van der Waals surface area contributed by atoms with Crippen molar-refractivity contribution >= 4 is 23.2 Å². The van der Waals surface area contributed by atoms with Crippen LogP contribution in [0, 0.1) is 5.82 Å². The number of carbonyl (C=O) groups is 1. The van der Waals surface area contributed by atoms with Crippen LogP contribution in [0.1, 0.15) is 43.5 Å². The van der Waals surface area contributed by atoms with E-state index in [4.69, 9.17) is 11.6 Å². The molecule has 0 bridgehead atoms. The minimum absolute atomic E-state index is 0.0270. The highest BCUT2D eigenvalue weighted by Crippen LogP contribution is 2.42.